The summed E-state index contributed by atoms with van der Waals surface area (Å²) in [5.74, 6) is 0.530. The van der Waals surface area contributed by atoms with Crippen molar-refractivity contribution >= 4 is 5.91 Å². The van der Waals surface area contributed by atoms with Gasteiger partial charge in [-0.2, -0.15) is 0 Å². The SMILES string of the molecule is CCN1CC2CC(C1)N2C(=O)c1cccc(OC)n1. The standard InChI is InChI=1S/C14H19N3O2/c1-3-16-8-10-7-11(9-16)17(10)14(18)12-5-4-6-13(15-12)19-2/h4-6,10-11H,3,7-9H2,1-2H3. The molecule has 2 atom stereocenters. The van der Waals surface area contributed by atoms with Gasteiger partial charge in [0.25, 0.3) is 5.91 Å². The topological polar surface area (TPSA) is 45.7 Å². The van der Waals surface area contributed by atoms with E-state index < -0.39 is 0 Å². The molecular weight excluding hydrogens is 242 g/mol. The van der Waals surface area contributed by atoms with Crippen LogP contribution in [0.1, 0.15) is 23.8 Å². The van der Waals surface area contributed by atoms with Crippen molar-refractivity contribution < 1.29 is 9.53 Å². The average Bonchev–Trinajstić information content (AvgIpc) is 2.47. The monoisotopic (exact) mass is 261 g/mol. The zero-order valence-electron chi connectivity index (χ0n) is 11.4. The molecule has 19 heavy (non-hydrogen) atoms. The molecule has 0 saturated carbocycles. The van der Waals surface area contributed by atoms with Crippen molar-refractivity contribution in [3.8, 4) is 5.88 Å². The van der Waals surface area contributed by atoms with Gasteiger partial charge in [0.2, 0.25) is 5.88 Å². The van der Waals surface area contributed by atoms with Crippen molar-refractivity contribution in [3.63, 3.8) is 0 Å². The minimum atomic E-state index is 0.0379. The lowest BCUT2D eigenvalue weighted by Crippen LogP contribution is -2.70. The molecule has 0 aromatic carbocycles. The maximum atomic E-state index is 12.5. The lowest BCUT2D eigenvalue weighted by molar-refractivity contribution is -0.0462. The van der Waals surface area contributed by atoms with Crippen LogP contribution in [0.25, 0.3) is 0 Å². The largest absolute Gasteiger partial charge is 0.481 e. The highest BCUT2D eigenvalue weighted by atomic mass is 16.5. The van der Waals surface area contributed by atoms with Gasteiger partial charge >= 0.3 is 0 Å². The molecule has 3 aliphatic rings. The van der Waals surface area contributed by atoms with Crippen LogP contribution in [0.3, 0.4) is 0 Å². The summed E-state index contributed by atoms with van der Waals surface area (Å²) in [7, 11) is 1.56. The normalized spacial score (nSPS) is 25.9. The number of hydrogen-bond donors (Lipinski definition) is 0. The van der Waals surface area contributed by atoms with Crippen LogP contribution in [-0.4, -0.2) is 59.5 Å². The lowest BCUT2D eigenvalue weighted by Gasteiger charge is -2.56. The highest BCUT2D eigenvalue weighted by Gasteiger charge is 2.47. The summed E-state index contributed by atoms with van der Waals surface area (Å²) in [5.41, 5.74) is 0.485. The number of nitrogens with zero attached hydrogens (tertiary/aromatic N) is 3. The van der Waals surface area contributed by atoms with Gasteiger partial charge in [-0.1, -0.05) is 13.0 Å². The van der Waals surface area contributed by atoms with E-state index in [-0.39, 0.29) is 5.91 Å². The van der Waals surface area contributed by atoms with Crippen molar-refractivity contribution in [2.75, 3.05) is 26.7 Å². The summed E-state index contributed by atoms with van der Waals surface area (Å²) < 4.78 is 5.07. The van der Waals surface area contributed by atoms with Crippen LogP contribution < -0.4 is 4.74 Å². The van der Waals surface area contributed by atoms with Crippen LogP contribution in [0.5, 0.6) is 5.88 Å². The zero-order valence-corrected chi connectivity index (χ0v) is 11.4. The third-order valence-corrected chi connectivity index (χ3v) is 4.10. The fraction of sp³-hybridized carbons (Fsp3) is 0.571. The van der Waals surface area contributed by atoms with Gasteiger partial charge in [0.1, 0.15) is 5.69 Å². The first kappa shape index (κ1) is 12.4. The van der Waals surface area contributed by atoms with Crippen LogP contribution in [0.15, 0.2) is 18.2 Å². The van der Waals surface area contributed by atoms with Crippen LogP contribution in [0.2, 0.25) is 0 Å². The first-order valence-corrected chi connectivity index (χ1v) is 6.79. The Morgan fingerprint density at radius 3 is 2.79 bits per heavy atom. The summed E-state index contributed by atoms with van der Waals surface area (Å²) in [6.45, 7) is 5.21. The van der Waals surface area contributed by atoms with Crippen LogP contribution >= 0.6 is 0 Å². The van der Waals surface area contributed by atoms with Gasteiger partial charge in [0.15, 0.2) is 0 Å². The number of piperidine rings is 1. The van der Waals surface area contributed by atoms with Crippen LogP contribution in [0, 0.1) is 0 Å². The molecule has 2 bridgehead atoms. The molecule has 5 heteroatoms. The van der Waals surface area contributed by atoms with E-state index in [1.54, 1.807) is 19.2 Å². The predicted molar refractivity (Wildman–Crippen MR) is 71.3 cm³/mol. The molecular formula is C14H19N3O2. The van der Waals surface area contributed by atoms with E-state index in [2.05, 4.69) is 16.8 Å². The van der Waals surface area contributed by atoms with E-state index >= 15 is 0 Å². The minimum Gasteiger partial charge on any atom is -0.481 e. The fourth-order valence-electron chi connectivity index (χ4n) is 3.07. The van der Waals surface area contributed by atoms with Crippen molar-refractivity contribution in [2.24, 2.45) is 0 Å². The molecule has 0 spiro atoms. The maximum Gasteiger partial charge on any atom is 0.273 e. The smallest absolute Gasteiger partial charge is 0.273 e. The quantitative estimate of drug-likeness (QED) is 0.814. The Bertz CT molecular complexity index is 479. The number of hydrogen-bond acceptors (Lipinski definition) is 4. The van der Waals surface area contributed by atoms with Crippen molar-refractivity contribution in [2.45, 2.75) is 25.4 Å². The lowest BCUT2D eigenvalue weighted by atomic mass is 9.87. The van der Waals surface area contributed by atoms with E-state index in [0.717, 1.165) is 26.1 Å². The summed E-state index contributed by atoms with van der Waals surface area (Å²) in [6.07, 6.45) is 1.13. The predicted octanol–water partition coefficient (Wildman–Crippen LogP) is 1.01. The third kappa shape index (κ3) is 2.08. The summed E-state index contributed by atoms with van der Waals surface area (Å²) in [4.78, 5) is 21.1. The first-order chi connectivity index (χ1) is 9.22. The maximum absolute atomic E-state index is 12.5. The highest BCUT2D eigenvalue weighted by molar-refractivity contribution is 5.93. The zero-order chi connectivity index (χ0) is 13.4. The van der Waals surface area contributed by atoms with Gasteiger partial charge in [-0.05, 0) is 19.0 Å². The van der Waals surface area contributed by atoms with E-state index in [1.807, 2.05) is 11.0 Å². The number of methoxy groups -OCH3 is 1. The summed E-state index contributed by atoms with van der Waals surface area (Å²) in [5, 5.41) is 0. The Labute approximate surface area is 113 Å². The number of piperazine rings is 1. The number of carbonyl (C=O) groups is 1. The molecule has 3 saturated heterocycles. The van der Waals surface area contributed by atoms with E-state index in [1.165, 1.54) is 0 Å². The Hall–Kier alpha value is -1.62. The van der Waals surface area contributed by atoms with Gasteiger partial charge in [0, 0.05) is 31.2 Å². The molecule has 4 rings (SSSR count). The Balaban J connectivity index is 1.75. The molecule has 4 heterocycles. The number of rotatable bonds is 3. The van der Waals surface area contributed by atoms with Gasteiger partial charge in [0.05, 0.1) is 7.11 Å². The minimum absolute atomic E-state index is 0.0379. The molecule has 0 aliphatic carbocycles. The van der Waals surface area contributed by atoms with Gasteiger partial charge in [-0.3, -0.25) is 9.69 Å². The number of carbonyl (C=O) groups excluding carboxylic acids is 1. The van der Waals surface area contributed by atoms with E-state index in [0.29, 0.717) is 23.7 Å². The second-order valence-electron chi connectivity index (χ2n) is 5.17. The van der Waals surface area contributed by atoms with Crippen molar-refractivity contribution in [3.05, 3.63) is 23.9 Å². The van der Waals surface area contributed by atoms with Crippen LogP contribution in [-0.2, 0) is 0 Å². The summed E-state index contributed by atoms with van der Waals surface area (Å²) >= 11 is 0. The van der Waals surface area contributed by atoms with Gasteiger partial charge in [-0.25, -0.2) is 4.98 Å². The Morgan fingerprint density at radius 1 is 1.42 bits per heavy atom. The highest BCUT2D eigenvalue weighted by Crippen LogP contribution is 2.33. The Kier molecular flexibility index (Phi) is 3.14. The van der Waals surface area contributed by atoms with E-state index in [4.69, 9.17) is 4.74 Å². The van der Waals surface area contributed by atoms with E-state index in [9.17, 15) is 4.79 Å². The number of aromatic nitrogens is 1. The summed E-state index contributed by atoms with van der Waals surface area (Å²) in [6, 6.07) is 6.05. The molecule has 0 radical (unpaired) electrons. The average molecular weight is 261 g/mol. The van der Waals surface area contributed by atoms with Gasteiger partial charge < -0.3 is 9.64 Å². The number of ether oxygens (including phenoxy) is 1. The second-order valence-corrected chi connectivity index (χ2v) is 5.17. The molecule has 3 fully saturated rings. The molecule has 3 aliphatic heterocycles. The van der Waals surface area contributed by atoms with Gasteiger partial charge in [-0.15, -0.1) is 0 Å². The first-order valence-electron chi connectivity index (χ1n) is 6.79. The molecule has 2 unspecified atom stereocenters. The molecule has 1 amide bonds. The number of pyridine rings is 1. The van der Waals surface area contributed by atoms with Crippen molar-refractivity contribution in [1.82, 2.24) is 14.8 Å². The fourth-order valence-corrected chi connectivity index (χ4v) is 3.07. The molecule has 1 aromatic rings. The van der Waals surface area contributed by atoms with Crippen molar-refractivity contribution in [1.29, 1.82) is 0 Å². The molecule has 1 aromatic heterocycles. The number of likely N-dealkylation sites (N-methyl/N-ethyl adjacent to an activating group) is 1. The second kappa shape index (κ2) is 4.81. The molecule has 0 N–H and O–H groups in total. The molecule has 102 valence electrons. The van der Waals surface area contributed by atoms with Crippen LogP contribution in [0.4, 0.5) is 0 Å². The number of fused-ring (bicyclic) bond motifs is 2. The number of amides is 1. The third-order valence-electron chi connectivity index (χ3n) is 4.10. The molecule has 5 nitrogen and oxygen atoms in total. The Morgan fingerprint density at radius 2 is 2.16 bits per heavy atom.